The number of para-hydroxylation sites is 1. The second kappa shape index (κ2) is 4.12. The van der Waals surface area contributed by atoms with Crippen LogP contribution in [0.5, 0.6) is 5.75 Å². The summed E-state index contributed by atoms with van der Waals surface area (Å²) in [6, 6.07) is 9.60. The van der Waals surface area contributed by atoms with Crippen molar-refractivity contribution in [2.45, 2.75) is 0 Å². The highest BCUT2D eigenvalue weighted by Gasteiger charge is 1.83. The molecule has 0 aliphatic rings. The molecule has 2 heteroatoms. The summed E-state index contributed by atoms with van der Waals surface area (Å²) in [4.78, 5) is 1.67. The Morgan fingerprint density at radius 3 is 2.50 bits per heavy atom. The highest BCUT2D eigenvalue weighted by Crippen LogP contribution is 2.08. The first kappa shape index (κ1) is 7.35. The molecular formula is C8H7BrO. The number of benzene rings is 1. The minimum atomic E-state index is 0.846. The van der Waals surface area contributed by atoms with Gasteiger partial charge in [0.1, 0.15) is 5.75 Å². The van der Waals surface area contributed by atoms with Crippen LogP contribution in [0.3, 0.4) is 0 Å². The van der Waals surface area contributed by atoms with Crippen molar-refractivity contribution < 1.29 is 4.74 Å². The molecule has 0 fully saturated rings. The van der Waals surface area contributed by atoms with E-state index in [2.05, 4.69) is 15.9 Å². The molecule has 10 heavy (non-hydrogen) atoms. The molecule has 1 aromatic rings. The number of rotatable bonds is 2. The van der Waals surface area contributed by atoms with Gasteiger partial charge in [0.15, 0.2) is 0 Å². The molecule has 1 aromatic carbocycles. The fraction of sp³-hybridized carbons (Fsp3) is 0. The van der Waals surface area contributed by atoms with Crippen LogP contribution >= 0.6 is 15.9 Å². The van der Waals surface area contributed by atoms with E-state index in [0.29, 0.717) is 0 Å². The second-order valence-corrected chi connectivity index (χ2v) is 2.22. The van der Waals surface area contributed by atoms with Crippen LogP contribution in [0.1, 0.15) is 0 Å². The van der Waals surface area contributed by atoms with Crippen molar-refractivity contribution in [2.75, 3.05) is 0 Å². The van der Waals surface area contributed by atoms with Gasteiger partial charge >= 0.3 is 0 Å². The van der Waals surface area contributed by atoms with E-state index in [-0.39, 0.29) is 0 Å². The first-order chi connectivity index (χ1) is 4.93. The summed E-state index contributed by atoms with van der Waals surface area (Å²) >= 11 is 3.10. The Labute approximate surface area is 68.5 Å². The topological polar surface area (TPSA) is 9.23 Å². The second-order valence-electron chi connectivity index (χ2n) is 1.69. The van der Waals surface area contributed by atoms with Gasteiger partial charge in [-0.15, -0.1) is 0 Å². The third kappa shape index (κ3) is 2.23. The molecular weight excluding hydrogens is 192 g/mol. The maximum atomic E-state index is 5.13. The molecule has 0 saturated heterocycles. The summed E-state index contributed by atoms with van der Waals surface area (Å²) in [5.74, 6) is 0.846. The number of hydrogen-bond donors (Lipinski definition) is 0. The number of halogens is 1. The van der Waals surface area contributed by atoms with E-state index in [9.17, 15) is 0 Å². The fourth-order valence-electron chi connectivity index (χ4n) is 0.603. The van der Waals surface area contributed by atoms with Crippen LogP contribution in [0.25, 0.3) is 0 Å². The summed E-state index contributed by atoms with van der Waals surface area (Å²) in [5, 5.41) is 0. The fourth-order valence-corrected chi connectivity index (χ4v) is 0.711. The zero-order chi connectivity index (χ0) is 7.23. The van der Waals surface area contributed by atoms with Crippen molar-refractivity contribution in [1.29, 1.82) is 0 Å². The average molecular weight is 199 g/mol. The van der Waals surface area contributed by atoms with Crippen molar-refractivity contribution >= 4 is 15.9 Å². The van der Waals surface area contributed by atoms with Gasteiger partial charge in [0.25, 0.3) is 0 Å². The predicted octanol–water partition coefficient (Wildman–Crippen LogP) is 2.93. The van der Waals surface area contributed by atoms with Crippen LogP contribution in [0.4, 0.5) is 0 Å². The zero-order valence-corrected chi connectivity index (χ0v) is 6.91. The Hall–Kier alpha value is -0.760. The van der Waals surface area contributed by atoms with E-state index < -0.39 is 0 Å². The average Bonchev–Trinajstić information content (AvgIpc) is 2.03. The van der Waals surface area contributed by atoms with Crippen LogP contribution in [0.2, 0.25) is 0 Å². The Balaban J connectivity index is 2.59. The highest BCUT2D eigenvalue weighted by molar-refractivity contribution is 9.11. The van der Waals surface area contributed by atoms with Gasteiger partial charge in [-0.3, -0.25) is 0 Å². The molecule has 1 rings (SSSR count). The van der Waals surface area contributed by atoms with Crippen molar-refractivity contribution in [3.8, 4) is 5.75 Å². The molecule has 0 aliphatic heterocycles. The molecule has 0 bridgehead atoms. The molecule has 0 N–H and O–H groups in total. The van der Waals surface area contributed by atoms with Crippen molar-refractivity contribution in [3.63, 3.8) is 0 Å². The van der Waals surface area contributed by atoms with E-state index in [0.717, 1.165) is 5.75 Å². The van der Waals surface area contributed by atoms with E-state index in [4.69, 9.17) is 4.74 Å². The van der Waals surface area contributed by atoms with Gasteiger partial charge in [0.05, 0.1) is 6.26 Å². The van der Waals surface area contributed by atoms with Crippen molar-refractivity contribution in [1.82, 2.24) is 0 Å². The first-order valence-corrected chi connectivity index (χ1v) is 3.82. The number of ether oxygens (including phenoxy) is 1. The van der Waals surface area contributed by atoms with E-state index in [1.807, 2.05) is 30.3 Å². The molecule has 1 nitrogen and oxygen atoms in total. The molecule has 52 valence electrons. The Bertz CT molecular complexity index is 206. The van der Waals surface area contributed by atoms with Gasteiger partial charge in [-0.05, 0) is 12.1 Å². The molecule has 0 saturated carbocycles. The van der Waals surface area contributed by atoms with Crippen LogP contribution in [0, 0.1) is 0 Å². The van der Waals surface area contributed by atoms with Crippen molar-refractivity contribution in [2.24, 2.45) is 0 Å². The minimum absolute atomic E-state index is 0.846. The molecule has 0 aliphatic carbocycles. The first-order valence-electron chi connectivity index (χ1n) is 2.90. The lowest BCUT2D eigenvalue weighted by Crippen LogP contribution is -1.77. The quantitative estimate of drug-likeness (QED) is 0.665. The summed E-state index contributed by atoms with van der Waals surface area (Å²) in [6.07, 6.45) is 1.58. The van der Waals surface area contributed by atoms with Crippen LogP contribution in [0.15, 0.2) is 41.6 Å². The molecule has 0 atom stereocenters. The van der Waals surface area contributed by atoms with Gasteiger partial charge < -0.3 is 4.74 Å². The lowest BCUT2D eigenvalue weighted by atomic mass is 10.3. The molecule has 0 heterocycles. The summed E-state index contributed by atoms with van der Waals surface area (Å²) in [6.45, 7) is 0. The number of hydrogen-bond acceptors (Lipinski definition) is 1. The summed E-state index contributed by atoms with van der Waals surface area (Å²) < 4.78 is 5.13. The van der Waals surface area contributed by atoms with Gasteiger partial charge in [-0.1, -0.05) is 34.1 Å². The predicted molar refractivity (Wildman–Crippen MR) is 45.1 cm³/mol. The standard InChI is InChI=1S/C8H7BrO/c9-6-7-10-8-4-2-1-3-5-8/h1-7H. The van der Waals surface area contributed by atoms with E-state index >= 15 is 0 Å². The Kier molecular flexibility index (Phi) is 3.03. The third-order valence-corrected chi connectivity index (χ3v) is 1.21. The summed E-state index contributed by atoms with van der Waals surface area (Å²) in [7, 11) is 0. The SMILES string of the molecule is BrC=COc1ccccc1. The Morgan fingerprint density at radius 2 is 1.90 bits per heavy atom. The largest absolute Gasteiger partial charge is 0.464 e. The zero-order valence-electron chi connectivity index (χ0n) is 5.33. The normalized spacial score (nSPS) is 10.1. The minimum Gasteiger partial charge on any atom is -0.464 e. The maximum Gasteiger partial charge on any atom is 0.126 e. The Morgan fingerprint density at radius 1 is 1.20 bits per heavy atom. The summed E-state index contributed by atoms with van der Waals surface area (Å²) in [5.41, 5.74) is 0. The molecule has 0 unspecified atom stereocenters. The molecule has 0 aromatic heterocycles. The smallest absolute Gasteiger partial charge is 0.126 e. The lowest BCUT2D eigenvalue weighted by molar-refractivity contribution is 0.483. The van der Waals surface area contributed by atoms with E-state index in [1.165, 1.54) is 0 Å². The molecule has 0 spiro atoms. The van der Waals surface area contributed by atoms with Crippen molar-refractivity contribution in [3.05, 3.63) is 41.6 Å². The lowest BCUT2D eigenvalue weighted by Gasteiger charge is -1.95. The van der Waals surface area contributed by atoms with Gasteiger partial charge in [-0.2, -0.15) is 0 Å². The maximum absolute atomic E-state index is 5.13. The third-order valence-electron chi connectivity index (χ3n) is 0.999. The highest BCUT2D eigenvalue weighted by atomic mass is 79.9. The molecule has 0 amide bonds. The van der Waals surface area contributed by atoms with E-state index in [1.54, 1.807) is 11.2 Å². The van der Waals surface area contributed by atoms with Gasteiger partial charge in [0.2, 0.25) is 0 Å². The monoisotopic (exact) mass is 198 g/mol. The van der Waals surface area contributed by atoms with Crippen LogP contribution < -0.4 is 4.74 Å². The molecule has 0 radical (unpaired) electrons. The van der Waals surface area contributed by atoms with Gasteiger partial charge in [-0.25, -0.2) is 0 Å². The van der Waals surface area contributed by atoms with Crippen LogP contribution in [-0.4, -0.2) is 0 Å². The van der Waals surface area contributed by atoms with Crippen LogP contribution in [-0.2, 0) is 0 Å². The van der Waals surface area contributed by atoms with Gasteiger partial charge in [0, 0.05) is 4.99 Å².